The topological polar surface area (TPSA) is 78.0 Å². The van der Waals surface area contributed by atoms with Crippen molar-refractivity contribution < 1.29 is 22.6 Å². The van der Waals surface area contributed by atoms with Gasteiger partial charge in [-0.05, 0) is 25.0 Å². The second-order valence-electron chi connectivity index (χ2n) is 6.07. The highest BCUT2D eigenvalue weighted by atomic mass is 35.5. The van der Waals surface area contributed by atoms with Crippen molar-refractivity contribution in [2.24, 2.45) is 0 Å². The van der Waals surface area contributed by atoms with Gasteiger partial charge in [0.05, 0.1) is 25.7 Å². The minimum atomic E-state index is -3.68. The summed E-state index contributed by atoms with van der Waals surface area (Å²) in [7, 11) is -0.710. The van der Waals surface area contributed by atoms with E-state index in [0.717, 1.165) is 6.42 Å². The molecule has 1 fully saturated rings. The summed E-state index contributed by atoms with van der Waals surface area (Å²) in [6.45, 7) is 0.677. The molecular weight excluding hydrogens is 392 g/mol. The first-order valence-corrected chi connectivity index (χ1v) is 10.3. The Labute approximate surface area is 163 Å². The van der Waals surface area contributed by atoms with Gasteiger partial charge in [0, 0.05) is 31.1 Å². The molecule has 27 heavy (non-hydrogen) atoms. The van der Waals surface area contributed by atoms with Gasteiger partial charge in [-0.2, -0.15) is 4.31 Å². The van der Waals surface area contributed by atoms with E-state index in [1.54, 1.807) is 18.3 Å². The molecule has 0 radical (unpaired) electrons. The third-order valence-corrected chi connectivity index (χ3v) is 6.51. The number of aromatic nitrogens is 1. The van der Waals surface area contributed by atoms with Crippen molar-refractivity contribution in [2.75, 3.05) is 27.3 Å². The molecule has 2 heterocycles. The number of hydrogen-bond acceptors (Lipinski definition) is 6. The average molecular weight is 413 g/mol. The van der Waals surface area contributed by atoms with Crippen LogP contribution in [-0.4, -0.2) is 51.1 Å². The zero-order valence-electron chi connectivity index (χ0n) is 15.1. The zero-order valence-corrected chi connectivity index (χ0v) is 16.7. The Morgan fingerprint density at radius 2 is 1.93 bits per heavy atom. The molecule has 9 heteroatoms. The molecule has 7 nitrogen and oxygen atoms in total. The maximum absolute atomic E-state index is 13.1. The van der Waals surface area contributed by atoms with E-state index in [9.17, 15) is 8.42 Å². The Morgan fingerprint density at radius 1 is 1.15 bits per heavy atom. The van der Waals surface area contributed by atoms with Crippen LogP contribution in [0, 0.1) is 0 Å². The molecule has 1 aliphatic heterocycles. The first-order chi connectivity index (χ1) is 13.0. The summed E-state index contributed by atoms with van der Waals surface area (Å²) in [4.78, 5) is 4.08. The van der Waals surface area contributed by atoms with Crippen LogP contribution in [0.1, 0.15) is 12.8 Å². The van der Waals surface area contributed by atoms with E-state index in [1.165, 1.54) is 36.9 Å². The standard InChI is InChI=1S/C18H21ClN2O5S/c1-24-17-6-5-14(10-18(17)25-2)27(22,23)21-9-3-4-13(12-21)26-16-7-8-20-11-15(16)19/h5-8,10-11,13H,3-4,9,12H2,1-2H3. The highest BCUT2D eigenvalue weighted by molar-refractivity contribution is 7.89. The van der Waals surface area contributed by atoms with Crippen molar-refractivity contribution in [3.63, 3.8) is 0 Å². The summed E-state index contributed by atoms with van der Waals surface area (Å²) < 4.78 is 43.8. The van der Waals surface area contributed by atoms with Crippen LogP contribution >= 0.6 is 11.6 Å². The SMILES string of the molecule is COc1ccc(S(=O)(=O)N2CCCC(Oc3ccncc3Cl)C2)cc1OC. The fraction of sp³-hybridized carbons (Fsp3) is 0.389. The van der Waals surface area contributed by atoms with Crippen LogP contribution in [0.2, 0.25) is 5.02 Å². The van der Waals surface area contributed by atoms with E-state index >= 15 is 0 Å². The summed E-state index contributed by atoms with van der Waals surface area (Å²) in [5, 5.41) is 0.400. The monoisotopic (exact) mass is 412 g/mol. The van der Waals surface area contributed by atoms with E-state index in [4.69, 9.17) is 25.8 Å². The smallest absolute Gasteiger partial charge is 0.243 e. The number of sulfonamides is 1. The number of ether oxygens (including phenoxy) is 3. The van der Waals surface area contributed by atoms with Crippen LogP contribution in [0.5, 0.6) is 17.2 Å². The first-order valence-electron chi connectivity index (χ1n) is 8.44. The summed E-state index contributed by atoms with van der Waals surface area (Å²) in [5.41, 5.74) is 0. The molecule has 1 aliphatic rings. The second kappa shape index (κ2) is 8.33. The average Bonchev–Trinajstić information content (AvgIpc) is 2.69. The third kappa shape index (κ3) is 4.28. The van der Waals surface area contributed by atoms with Gasteiger partial charge in [0.25, 0.3) is 0 Å². The van der Waals surface area contributed by atoms with Crippen molar-refractivity contribution in [1.29, 1.82) is 0 Å². The molecule has 0 aliphatic carbocycles. The lowest BCUT2D eigenvalue weighted by Crippen LogP contribution is -2.44. The fourth-order valence-electron chi connectivity index (χ4n) is 2.98. The highest BCUT2D eigenvalue weighted by Gasteiger charge is 2.32. The number of nitrogens with zero attached hydrogens (tertiary/aromatic N) is 2. The molecule has 1 saturated heterocycles. The largest absolute Gasteiger partial charge is 0.493 e. The van der Waals surface area contributed by atoms with Gasteiger partial charge in [-0.15, -0.1) is 0 Å². The summed E-state index contributed by atoms with van der Waals surface area (Å²) >= 11 is 6.08. The first kappa shape index (κ1) is 19.7. The third-order valence-electron chi connectivity index (χ3n) is 4.36. The number of halogens is 1. The number of pyridine rings is 1. The number of methoxy groups -OCH3 is 2. The van der Waals surface area contributed by atoms with E-state index < -0.39 is 10.0 Å². The van der Waals surface area contributed by atoms with Crippen molar-refractivity contribution in [2.45, 2.75) is 23.8 Å². The van der Waals surface area contributed by atoms with Gasteiger partial charge in [-0.1, -0.05) is 11.6 Å². The Hall–Kier alpha value is -2.03. The van der Waals surface area contributed by atoms with Gasteiger partial charge in [0.15, 0.2) is 11.5 Å². The number of benzene rings is 1. The minimum absolute atomic E-state index is 0.155. The molecule has 0 spiro atoms. The van der Waals surface area contributed by atoms with E-state index in [2.05, 4.69) is 4.98 Å². The normalized spacial score (nSPS) is 18.1. The molecule has 1 unspecified atom stereocenters. The molecule has 1 aromatic carbocycles. The zero-order chi connectivity index (χ0) is 19.4. The second-order valence-corrected chi connectivity index (χ2v) is 8.41. The van der Waals surface area contributed by atoms with Gasteiger partial charge in [-0.25, -0.2) is 8.42 Å². The number of hydrogen-bond donors (Lipinski definition) is 0. The molecule has 146 valence electrons. The van der Waals surface area contributed by atoms with Crippen LogP contribution in [0.15, 0.2) is 41.6 Å². The quantitative estimate of drug-likeness (QED) is 0.725. The summed E-state index contributed by atoms with van der Waals surface area (Å²) in [5.74, 6) is 1.35. The lowest BCUT2D eigenvalue weighted by atomic mass is 10.1. The molecular formula is C18H21ClN2O5S. The maximum atomic E-state index is 13.1. The van der Waals surface area contributed by atoms with Crippen molar-refractivity contribution in [1.82, 2.24) is 9.29 Å². The molecule has 0 bridgehead atoms. The van der Waals surface area contributed by atoms with Crippen molar-refractivity contribution in [3.05, 3.63) is 41.7 Å². The van der Waals surface area contributed by atoms with E-state index in [1.807, 2.05) is 0 Å². The maximum Gasteiger partial charge on any atom is 0.243 e. The summed E-state index contributed by atoms with van der Waals surface area (Å²) in [6.07, 6.45) is 4.24. The van der Waals surface area contributed by atoms with Gasteiger partial charge in [0.2, 0.25) is 10.0 Å². The predicted octanol–water partition coefficient (Wildman–Crippen LogP) is 2.98. The molecule has 0 saturated carbocycles. The van der Waals surface area contributed by atoms with Crippen molar-refractivity contribution >= 4 is 21.6 Å². The lowest BCUT2D eigenvalue weighted by Gasteiger charge is -2.32. The lowest BCUT2D eigenvalue weighted by molar-refractivity contribution is 0.130. The Kier molecular flexibility index (Phi) is 6.08. The van der Waals surface area contributed by atoms with Gasteiger partial charge in [-0.3, -0.25) is 4.98 Å². The van der Waals surface area contributed by atoms with Crippen LogP contribution in [0.4, 0.5) is 0 Å². The Bertz CT molecular complexity index is 906. The molecule has 3 rings (SSSR count). The van der Waals surface area contributed by atoms with Gasteiger partial charge in [0.1, 0.15) is 16.9 Å². The molecule has 1 atom stereocenters. The number of piperidine rings is 1. The number of rotatable bonds is 6. The Balaban J connectivity index is 1.79. The van der Waals surface area contributed by atoms with E-state index in [0.29, 0.717) is 35.2 Å². The fourth-order valence-corrected chi connectivity index (χ4v) is 4.67. The predicted molar refractivity (Wildman–Crippen MR) is 101 cm³/mol. The minimum Gasteiger partial charge on any atom is -0.493 e. The molecule has 2 aromatic rings. The molecule has 0 amide bonds. The molecule has 0 N–H and O–H groups in total. The summed E-state index contributed by atoms with van der Waals surface area (Å²) in [6, 6.07) is 6.24. The van der Waals surface area contributed by atoms with Gasteiger partial charge < -0.3 is 14.2 Å². The van der Waals surface area contributed by atoms with E-state index in [-0.39, 0.29) is 17.5 Å². The van der Waals surface area contributed by atoms with Crippen LogP contribution in [0.25, 0.3) is 0 Å². The Morgan fingerprint density at radius 3 is 2.63 bits per heavy atom. The highest BCUT2D eigenvalue weighted by Crippen LogP contribution is 2.32. The molecule has 1 aromatic heterocycles. The van der Waals surface area contributed by atoms with Crippen LogP contribution in [-0.2, 0) is 10.0 Å². The van der Waals surface area contributed by atoms with Crippen LogP contribution in [0.3, 0.4) is 0 Å². The van der Waals surface area contributed by atoms with Gasteiger partial charge >= 0.3 is 0 Å². The van der Waals surface area contributed by atoms with Crippen LogP contribution < -0.4 is 14.2 Å². The van der Waals surface area contributed by atoms with Crippen molar-refractivity contribution in [3.8, 4) is 17.2 Å².